The van der Waals surface area contributed by atoms with Crippen LogP contribution in [0.2, 0.25) is 0 Å². The zero-order valence-corrected chi connectivity index (χ0v) is 10.2. The van der Waals surface area contributed by atoms with E-state index in [1.807, 2.05) is 12.1 Å². The summed E-state index contributed by atoms with van der Waals surface area (Å²) in [4.78, 5) is 2.21. The van der Waals surface area contributed by atoms with Gasteiger partial charge < -0.3 is 14.4 Å². The van der Waals surface area contributed by atoms with Gasteiger partial charge in [-0.2, -0.15) is 5.26 Å². The Hall–Kier alpha value is -1.89. The van der Waals surface area contributed by atoms with Crippen LogP contribution in [0.1, 0.15) is 12.0 Å². The van der Waals surface area contributed by atoms with Gasteiger partial charge in [-0.25, -0.2) is 0 Å². The predicted octanol–water partition coefficient (Wildman–Crippen LogP) is 1.98. The van der Waals surface area contributed by atoms with Crippen molar-refractivity contribution in [2.24, 2.45) is 0 Å². The molecule has 2 rings (SSSR count). The highest BCUT2D eigenvalue weighted by Gasteiger charge is 2.23. The molecule has 1 aliphatic heterocycles. The smallest absolute Gasteiger partial charge is 0.146 e. The van der Waals surface area contributed by atoms with Gasteiger partial charge in [0.25, 0.3) is 0 Å². The lowest BCUT2D eigenvalue weighted by atomic mass is 10.1. The zero-order valence-electron chi connectivity index (χ0n) is 10.2. The van der Waals surface area contributed by atoms with Gasteiger partial charge in [-0.3, -0.25) is 0 Å². The molecule has 1 heterocycles. The molecule has 17 heavy (non-hydrogen) atoms. The molecule has 0 bridgehead atoms. The average Bonchev–Trinajstić information content (AvgIpc) is 2.78. The molecule has 1 aliphatic rings. The minimum absolute atomic E-state index is 0.536. The SMILES string of the molecule is COc1cc2c(c(OC)c1)N(CCC#N)CC2. The van der Waals surface area contributed by atoms with Gasteiger partial charge in [0.15, 0.2) is 0 Å². The fourth-order valence-corrected chi connectivity index (χ4v) is 2.24. The first-order valence-corrected chi connectivity index (χ1v) is 5.67. The van der Waals surface area contributed by atoms with Crippen LogP contribution in [0.3, 0.4) is 0 Å². The number of hydrogen-bond acceptors (Lipinski definition) is 4. The van der Waals surface area contributed by atoms with Crippen molar-refractivity contribution in [1.82, 2.24) is 0 Å². The molecule has 90 valence electrons. The van der Waals surface area contributed by atoms with Crippen LogP contribution < -0.4 is 14.4 Å². The highest BCUT2D eigenvalue weighted by molar-refractivity contribution is 5.69. The molecule has 0 spiro atoms. The van der Waals surface area contributed by atoms with Crippen LogP contribution in [0.15, 0.2) is 12.1 Å². The van der Waals surface area contributed by atoms with E-state index < -0.39 is 0 Å². The zero-order chi connectivity index (χ0) is 12.3. The topological polar surface area (TPSA) is 45.5 Å². The van der Waals surface area contributed by atoms with Gasteiger partial charge in [0.2, 0.25) is 0 Å². The summed E-state index contributed by atoms with van der Waals surface area (Å²) in [7, 11) is 3.32. The first-order chi connectivity index (χ1) is 8.30. The summed E-state index contributed by atoms with van der Waals surface area (Å²) in [6.07, 6.45) is 1.52. The fourth-order valence-electron chi connectivity index (χ4n) is 2.24. The maximum absolute atomic E-state index is 8.66. The van der Waals surface area contributed by atoms with Gasteiger partial charge in [-0.15, -0.1) is 0 Å². The number of benzene rings is 1. The Kier molecular flexibility index (Phi) is 3.38. The van der Waals surface area contributed by atoms with Crippen molar-refractivity contribution < 1.29 is 9.47 Å². The Morgan fingerprint density at radius 3 is 2.82 bits per heavy atom. The first kappa shape index (κ1) is 11.6. The number of hydrogen-bond donors (Lipinski definition) is 0. The van der Waals surface area contributed by atoms with Crippen LogP contribution in [0.5, 0.6) is 11.5 Å². The third-order valence-electron chi connectivity index (χ3n) is 3.04. The van der Waals surface area contributed by atoms with Crippen LogP contribution in [0.4, 0.5) is 5.69 Å². The second kappa shape index (κ2) is 4.96. The molecule has 0 saturated carbocycles. The molecule has 0 aliphatic carbocycles. The summed E-state index contributed by atoms with van der Waals surface area (Å²) in [5, 5.41) is 8.66. The second-order valence-corrected chi connectivity index (χ2v) is 3.98. The maximum Gasteiger partial charge on any atom is 0.146 e. The molecule has 1 aromatic rings. The Morgan fingerprint density at radius 2 is 2.18 bits per heavy atom. The number of rotatable bonds is 4. The highest BCUT2D eigenvalue weighted by atomic mass is 16.5. The van der Waals surface area contributed by atoms with Gasteiger partial charge in [0.1, 0.15) is 11.5 Å². The summed E-state index contributed by atoms with van der Waals surface area (Å²) in [6.45, 7) is 1.70. The predicted molar refractivity (Wildman–Crippen MR) is 65.7 cm³/mol. The fraction of sp³-hybridized carbons (Fsp3) is 0.462. The van der Waals surface area contributed by atoms with E-state index in [1.54, 1.807) is 14.2 Å². The van der Waals surface area contributed by atoms with Crippen molar-refractivity contribution in [2.45, 2.75) is 12.8 Å². The minimum Gasteiger partial charge on any atom is -0.497 e. The quantitative estimate of drug-likeness (QED) is 0.796. The second-order valence-electron chi connectivity index (χ2n) is 3.98. The normalized spacial score (nSPS) is 13.1. The van der Waals surface area contributed by atoms with Crippen molar-refractivity contribution in [1.29, 1.82) is 5.26 Å². The van der Waals surface area contributed by atoms with E-state index in [4.69, 9.17) is 14.7 Å². The van der Waals surface area contributed by atoms with Crippen LogP contribution >= 0.6 is 0 Å². The van der Waals surface area contributed by atoms with E-state index in [9.17, 15) is 0 Å². The molecule has 1 aromatic carbocycles. The molecule has 0 aromatic heterocycles. The van der Waals surface area contributed by atoms with E-state index in [2.05, 4.69) is 11.0 Å². The average molecular weight is 232 g/mol. The van der Waals surface area contributed by atoms with E-state index in [0.717, 1.165) is 36.7 Å². The Morgan fingerprint density at radius 1 is 1.35 bits per heavy atom. The molecule has 0 radical (unpaired) electrons. The molecule has 0 unspecified atom stereocenters. The number of methoxy groups -OCH3 is 2. The molecule has 0 atom stereocenters. The third kappa shape index (κ3) is 2.14. The number of nitrogens with zero attached hydrogens (tertiary/aromatic N) is 2. The lowest BCUT2D eigenvalue weighted by molar-refractivity contribution is 0.394. The molecule has 0 fully saturated rings. The largest absolute Gasteiger partial charge is 0.497 e. The Bertz CT molecular complexity index is 451. The van der Waals surface area contributed by atoms with Gasteiger partial charge in [0.05, 0.1) is 32.4 Å². The monoisotopic (exact) mass is 232 g/mol. The van der Waals surface area contributed by atoms with Gasteiger partial charge in [-0.1, -0.05) is 0 Å². The van der Waals surface area contributed by atoms with Crippen LogP contribution in [-0.2, 0) is 6.42 Å². The van der Waals surface area contributed by atoms with Crippen LogP contribution in [-0.4, -0.2) is 27.3 Å². The van der Waals surface area contributed by atoms with E-state index in [1.165, 1.54) is 5.56 Å². The van der Waals surface area contributed by atoms with E-state index >= 15 is 0 Å². The van der Waals surface area contributed by atoms with Crippen molar-refractivity contribution in [2.75, 3.05) is 32.2 Å². The number of fused-ring (bicyclic) bond motifs is 1. The van der Waals surface area contributed by atoms with Gasteiger partial charge >= 0.3 is 0 Å². The Balaban J connectivity index is 2.34. The summed E-state index contributed by atoms with van der Waals surface area (Å²) >= 11 is 0. The van der Waals surface area contributed by atoms with Gasteiger partial charge in [-0.05, 0) is 18.1 Å². The highest BCUT2D eigenvalue weighted by Crippen LogP contribution is 2.40. The number of ether oxygens (including phenoxy) is 2. The lowest BCUT2D eigenvalue weighted by Gasteiger charge is -2.20. The minimum atomic E-state index is 0.536. The summed E-state index contributed by atoms with van der Waals surface area (Å²) in [5.41, 5.74) is 2.35. The van der Waals surface area contributed by atoms with Crippen molar-refractivity contribution in [3.63, 3.8) is 0 Å². The molecular formula is C13H16N2O2. The Labute approximate surface area is 101 Å². The molecule has 0 amide bonds. The van der Waals surface area contributed by atoms with Crippen LogP contribution in [0, 0.1) is 11.3 Å². The molecule has 4 heteroatoms. The molecule has 0 saturated heterocycles. The molecule has 0 N–H and O–H groups in total. The van der Waals surface area contributed by atoms with Crippen LogP contribution in [0.25, 0.3) is 0 Å². The third-order valence-corrected chi connectivity index (χ3v) is 3.04. The number of anilines is 1. The van der Waals surface area contributed by atoms with Crippen molar-refractivity contribution in [3.8, 4) is 17.6 Å². The lowest BCUT2D eigenvalue weighted by Crippen LogP contribution is -2.21. The van der Waals surface area contributed by atoms with Crippen molar-refractivity contribution >= 4 is 5.69 Å². The molecular weight excluding hydrogens is 216 g/mol. The van der Waals surface area contributed by atoms with E-state index in [-0.39, 0.29) is 0 Å². The number of nitriles is 1. The summed E-state index contributed by atoms with van der Waals surface area (Å²) < 4.78 is 10.7. The maximum atomic E-state index is 8.66. The first-order valence-electron chi connectivity index (χ1n) is 5.67. The summed E-state index contributed by atoms with van der Waals surface area (Å²) in [5.74, 6) is 1.65. The molecule has 4 nitrogen and oxygen atoms in total. The van der Waals surface area contributed by atoms with Crippen molar-refractivity contribution in [3.05, 3.63) is 17.7 Å². The van der Waals surface area contributed by atoms with Gasteiger partial charge in [0, 0.05) is 19.2 Å². The standard InChI is InChI=1S/C13H16N2O2/c1-16-11-8-10-4-7-15(6-3-5-14)13(10)12(9-11)17-2/h8-9H,3-4,6-7H2,1-2H3. The summed E-state index contributed by atoms with van der Waals surface area (Å²) in [6, 6.07) is 6.12. The van der Waals surface area contributed by atoms with E-state index in [0.29, 0.717) is 6.42 Å².